The summed E-state index contributed by atoms with van der Waals surface area (Å²) < 4.78 is 0. The normalized spacial score (nSPS) is 9.71. The van der Waals surface area contributed by atoms with Gasteiger partial charge in [-0.2, -0.15) is 0 Å². The maximum atomic E-state index is 5.90. The van der Waals surface area contributed by atoms with Crippen molar-refractivity contribution in [3.05, 3.63) is 64.9 Å². The van der Waals surface area contributed by atoms with E-state index in [2.05, 4.69) is 22.4 Å². The van der Waals surface area contributed by atoms with Gasteiger partial charge in [0.05, 0.1) is 0 Å². The van der Waals surface area contributed by atoms with Crippen molar-refractivity contribution in [3.63, 3.8) is 0 Å². The van der Waals surface area contributed by atoms with E-state index in [-0.39, 0.29) is 12.4 Å². The molecule has 0 aliphatic carbocycles. The lowest BCUT2D eigenvalue weighted by atomic mass is 10.2. The van der Waals surface area contributed by atoms with E-state index in [1.807, 2.05) is 30.5 Å². The third kappa shape index (κ3) is 4.73. The zero-order valence-electron chi connectivity index (χ0n) is 9.27. The molecule has 0 spiro atoms. The third-order valence-corrected chi connectivity index (χ3v) is 2.51. The number of nitrogens with one attached hydrogen (secondary N) is 1. The summed E-state index contributed by atoms with van der Waals surface area (Å²) in [5, 5.41) is 4.12. The number of aromatic nitrogens is 1. The lowest BCUT2D eigenvalue weighted by Crippen LogP contribution is -2.12. The van der Waals surface area contributed by atoms with Crippen molar-refractivity contribution < 1.29 is 0 Å². The van der Waals surface area contributed by atoms with Crippen LogP contribution in [0.25, 0.3) is 0 Å². The molecule has 0 aliphatic heterocycles. The van der Waals surface area contributed by atoms with Crippen LogP contribution in [0.3, 0.4) is 0 Å². The largest absolute Gasteiger partial charge is 0.309 e. The fourth-order valence-electron chi connectivity index (χ4n) is 1.50. The van der Waals surface area contributed by atoms with E-state index in [4.69, 9.17) is 11.6 Å². The van der Waals surface area contributed by atoms with Crippen LogP contribution in [0.5, 0.6) is 0 Å². The van der Waals surface area contributed by atoms with Gasteiger partial charge in [0, 0.05) is 30.5 Å². The zero-order valence-corrected chi connectivity index (χ0v) is 10.8. The molecule has 1 heterocycles. The van der Waals surface area contributed by atoms with Gasteiger partial charge in [0.15, 0.2) is 0 Å². The van der Waals surface area contributed by atoms with Crippen LogP contribution in [0.4, 0.5) is 0 Å². The quantitative estimate of drug-likeness (QED) is 0.919. The Labute approximate surface area is 112 Å². The van der Waals surface area contributed by atoms with Gasteiger partial charge in [0.1, 0.15) is 0 Å². The number of rotatable bonds is 4. The van der Waals surface area contributed by atoms with E-state index in [1.54, 1.807) is 6.20 Å². The van der Waals surface area contributed by atoms with Gasteiger partial charge >= 0.3 is 0 Å². The molecule has 0 aliphatic rings. The van der Waals surface area contributed by atoms with E-state index in [0.717, 1.165) is 18.1 Å². The molecule has 4 heteroatoms. The molecule has 0 atom stereocenters. The molecule has 2 aromatic rings. The lowest BCUT2D eigenvalue weighted by molar-refractivity contribution is 0.691. The van der Waals surface area contributed by atoms with Crippen molar-refractivity contribution in [1.29, 1.82) is 0 Å². The SMILES string of the molecule is Cl.Clc1cccc(CNCc2cccnc2)c1. The summed E-state index contributed by atoms with van der Waals surface area (Å²) in [6.07, 6.45) is 3.64. The van der Waals surface area contributed by atoms with Crippen molar-refractivity contribution in [2.24, 2.45) is 0 Å². The summed E-state index contributed by atoms with van der Waals surface area (Å²) in [6, 6.07) is 11.9. The first-order valence-electron chi connectivity index (χ1n) is 5.18. The standard InChI is InChI=1S/C13H13ClN2.ClH/c14-13-5-1-3-11(7-13)8-16-10-12-4-2-6-15-9-12;/h1-7,9,16H,8,10H2;1H. The summed E-state index contributed by atoms with van der Waals surface area (Å²) in [5.41, 5.74) is 2.38. The minimum absolute atomic E-state index is 0. The topological polar surface area (TPSA) is 24.9 Å². The lowest BCUT2D eigenvalue weighted by Gasteiger charge is -2.04. The second kappa shape index (κ2) is 7.28. The molecule has 0 unspecified atom stereocenters. The maximum Gasteiger partial charge on any atom is 0.0409 e. The molecular weight excluding hydrogens is 255 g/mol. The Morgan fingerprint density at radius 2 is 1.82 bits per heavy atom. The van der Waals surface area contributed by atoms with Gasteiger partial charge in [-0.05, 0) is 29.3 Å². The first-order valence-corrected chi connectivity index (χ1v) is 5.56. The van der Waals surface area contributed by atoms with Gasteiger partial charge in [0.2, 0.25) is 0 Å². The summed E-state index contributed by atoms with van der Waals surface area (Å²) in [7, 11) is 0. The minimum atomic E-state index is 0. The average molecular weight is 269 g/mol. The molecular formula is C13H14Cl2N2. The van der Waals surface area contributed by atoms with E-state index in [9.17, 15) is 0 Å². The monoisotopic (exact) mass is 268 g/mol. The predicted molar refractivity (Wildman–Crippen MR) is 73.5 cm³/mol. The fraction of sp³-hybridized carbons (Fsp3) is 0.154. The minimum Gasteiger partial charge on any atom is -0.309 e. The van der Waals surface area contributed by atoms with Gasteiger partial charge < -0.3 is 5.32 Å². The molecule has 0 saturated carbocycles. The first-order chi connectivity index (χ1) is 7.84. The van der Waals surface area contributed by atoms with E-state index in [0.29, 0.717) is 0 Å². The Balaban J connectivity index is 0.00000144. The second-order valence-electron chi connectivity index (χ2n) is 3.59. The molecule has 0 saturated heterocycles. The van der Waals surface area contributed by atoms with Crippen LogP contribution in [-0.2, 0) is 13.1 Å². The predicted octanol–water partition coefficient (Wildman–Crippen LogP) is 3.45. The highest BCUT2D eigenvalue weighted by molar-refractivity contribution is 6.30. The third-order valence-electron chi connectivity index (χ3n) is 2.27. The molecule has 17 heavy (non-hydrogen) atoms. The molecule has 1 aromatic heterocycles. The summed E-state index contributed by atoms with van der Waals surface area (Å²) >= 11 is 5.90. The molecule has 0 amide bonds. The fourth-order valence-corrected chi connectivity index (χ4v) is 1.71. The summed E-state index contributed by atoms with van der Waals surface area (Å²) in [5.74, 6) is 0. The molecule has 1 aromatic carbocycles. The summed E-state index contributed by atoms with van der Waals surface area (Å²) in [6.45, 7) is 1.63. The van der Waals surface area contributed by atoms with Crippen LogP contribution in [0, 0.1) is 0 Å². The van der Waals surface area contributed by atoms with E-state index < -0.39 is 0 Å². The van der Waals surface area contributed by atoms with Crippen molar-refractivity contribution in [3.8, 4) is 0 Å². The van der Waals surface area contributed by atoms with Gasteiger partial charge in [-0.3, -0.25) is 4.98 Å². The smallest absolute Gasteiger partial charge is 0.0409 e. The molecule has 0 radical (unpaired) electrons. The van der Waals surface area contributed by atoms with Crippen LogP contribution < -0.4 is 5.32 Å². The van der Waals surface area contributed by atoms with E-state index in [1.165, 1.54) is 11.1 Å². The van der Waals surface area contributed by atoms with Crippen LogP contribution in [0.2, 0.25) is 5.02 Å². The molecule has 90 valence electrons. The molecule has 2 rings (SSSR count). The van der Waals surface area contributed by atoms with Crippen LogP contribution in [0.1, 0.15) is 11.1 Å². The number of pyridine rings is 1. The van der Waals surface area contributed by atoms with Gasteiger partial charge in [-0.1, -0.05) is 29.8 Å². The number of halogens is 2. The van der Waals surface area contributed by atoms with Crippen molar-refractivity contribution >= 4 is 24.0 Å². The first kappa shape index (κ1) is 14.0. The van der Waals surface area contributed by atoms with E-state index >= 15 is 0 Å². The van der Waals surface area contributed by atoms with Gasteiger partial charge in [0.25, 0.3) is 0 Å². The van der Waals surface area contributed by atoms with Crippen LogP contribution >= 0.6 is 24.0 Å². The number of nitrogens with zero attached hydrogens (tertiary/aromatic N) is 1. The van der Waals surface area contributed by atoms with Crippen LogP contribution in [-0.4, -0.2) is 4.98 Å². The van der Waals surface area contributed by atoms with Crippen molar-refractivity contribution in [2.45, 2.75) is 13.1 Å². The Hall–Kier alpha value is -1.09. The molecule has 0 fully saturated rings. The molecule has 2 nitrogen and oxygen atoms in total. The van der Waals surface area contributed by atoms with Crippen molar-refractivity contribution in [2.75, 3.05) is 0 Å². The number of hydrogen-bond donors (Lipinski definition) is 1. The highest BCUT2D eigenvalue weighted by atomic mass is 35.5. The Morgan fingerprint density at radius 1 is 1.06 bits per heavy atom. The summed E-state index contributed by atoms with van der Waals surface area (Å²) in [4.78, 5) is 4.06. The number of hydrogen-bond acceptors (Lipinski definition) is 2. The molecule has 0 bridgehead atoms. The zero-order chi connectivity index (χ0) is 11.2. The van der Waals surface area contributed by atoms with Gasteiger partial charge in [-0.15, -0.1) is 12.4 Å². The Kier molecular flexibility index (Phi) is 5.98. The highest BCUT2D eigenvalue weighted by Crippen LogP contribution is 2.10. The Bertz CT molecular complexity index is 446. The van der Waals surface area contributed by atoms with Crippen molar-refractivity contribution in [1.82, 2.24) is 10.3 Å². The van der Waals surface area contributed by atoms with Gasteiger partial charge in [-0.25, -0.2) is 0 Å². The Morgan fingerprint density at radius 3 is 2.53 bits per heavy atom. The highest BCUT2D eigenvalue weighted by Gasteiger charge is 1.95. The molecule has 1 N–H and O–H groups in total. The average Bonchev–Trinajstić information content (AvgIpc) is 2.30. The maximum absolute atomic E-state index is 5.90. The van der Waals surface area contributed by atoms with Crippen LogP contribution in [0.15, 0.2) is 48.8 Å². The number of benzene rings is 1. The second-order valence-corrected chi connectivity index (χ2v) is 4.03.